The molecule has 1 amide bonds. The number of carboxylic acids is 1. The van der Waals surface area contributed by atoms with Gasteiger partial charge in [-0.2, -0.15) is 0 Å². The van der Waals surface area contributed by atoms with Crippen LogP contribution >= 0.6 is 0 Å². The Morgan fingerprint density at radius 3 is 2.57 bits per heavy atom. The number of nitrogens with zero attached hydrogens (tertiary/aromatic N) is 1. The lowest BCUT2D eigenvalue weighted by molar-refractivity contribution is -0.131. The number of benzene rings is 1. The molecule has 0 bridgehead atoms. The molecule has 0 atom stereocenters. The average molecular weight is 290 g/mol. The van der Waals surface area contributed by atoms with Crippen molar-refractivity contribution in [2.24, 2.45) is 0 Å². The van der Waals surface area contributed by atoms with Crippen molar-refractivity contribution in [2.45, 2.75) is 26.8 Å². The first-order chi connectivity index (χ1) is 9.79. The number of carboxylic acid groups (broad SMARTS) is 1. The maximum Gasteiger partial charge on any atom is 0.328 e. The summed E-state index contributed by atoms with van der Waals surface area (Å²) >= 11 is 0. The molecule has 0 aliphatic heterocycles. The molecular weight excluding hydrogens is 268 g/mol. The van der Waals surface area contributed by atoms with E-state index in [1.807, 2.05) is 50.9 Å². The van der Waals surface area contributed by atoms with Crippen LogP contribution in [0.5, 0.6) is 0 Å². The Morgan fingerprint density at radius 1 is 1.38 bits per heavy atom. The third-order valence-corrected chi connectivity index (χ3v) is 2.93. The SMILES string of the molecule is Cc1cc(N(C)CC(=O)NC(C)C)ccc1C=CC(=O)O. The molecule has 1 rings (SSSR count). The van der Waals surface area contributed by atoms with Gasteiger partial charge in [-0.25, -0.2) is 4.79 Å². The largest absolute Gasteiger partial charge is 0.478 e. The normalized spacial score (nSPS) is 10.9. The van der Waals surface area contributed by atoms with Gasteiger partial charge in [0.05, 0.1) is 6.54 Å². The zero-order valence-electron chi connectivity index (χ0n) is 12.9. The smallest absolute Gasteiger partial charge is 0.328 e. The molecule has 0 aliphatic carbocycles. The summed E-state index contributed by atoms with van der Waals surface area (Å²) in [6.45, 7) is 6.03. The fourth-order valence-electron chi connectivity index (χ4n) is 1.92. The highest BCUT2D eigenvalue weighted by molar-refractivity contribution is 5.86. The Hall–Kier alpha value is -2.30. The summed E-state index contributed by atoms with van der Waals surface area (Å²) in [5, 5.41) is 11.5. The number of aryl methyl sites for hydroxylation is 1. The number of nitrogens with one attached hydrogen (secondary N) is 1. The Bertz CT molecular complexity index is 550. The van der Waals surface area contributed by atoms with Crippen molar-refractivity contribution < 1.29 is 14.7 Å². The zero-order chi connectivity index (χ0) is 16.0. The molecule has 0 aromatic heterocycles. The third kappa shape index (κ3) is 5.69. The maximum absolute atomic E-state index is 11.7. The molecule has 5 heteroatoms. The topological polar surface area (TPSA) is 69.6 Å². The van der Waals surface area contributed by atoms with Crippen molar-refractivity contribution in [1.82, 2.24) is 5.32 Å². The minimum Gasteiger partial charge on any atom is -0.478 e. The van der Waals surface area contributed by atoms with E-state index >= 15 is 0 Å². The van der Waals surface area contributed by atoms with Crippen molar-refractivity contribution in [3.63, 3.8) is 0 Å². The molecule has 0 heterocycles. The molecule has 0 aliphatic rings. The molecule has 1 aromatic carbocycles. The highest BCUT2D eigenvalue weighted by Gasteiger charge is 2.09. The van der Waals surface area contributed by atoms with E-state index in [2.05, 4.69) is 5.32 Å². The lowest BCUT2D eigenvalue weighted by Crippen LogP contribution is -2.38. The van der Waals surface area contributed by atoms with Crippen LogP contribution in [0.1, 0.15) is 25.0 Å². The number of hydrogen-bond donors (Lipinski definition) is 2. The van der Waals surface area contributed by atoms with Crippen LogP contribution < -0.4 is 10.2 Å². The highest BCUT2D eigenvalue weighted by Crippen LogP contribution is 2.19. The Kier molecular flexibility index (Phi) is 5.96. The van der Waals surface area contributed by atoms with E-state index < -0.39 is 5.97 Å². The summed E-state index contributed by atoms with van der Waals surface area (Å²) in [6, 6.07) is 5.78. The summed E-state index contributed by atoms with van der Waals surface area (Å²) in [6.07, 6.45) is 2.68. The van der Waals surface area contributed by atoms with Crippen molar-refractivity contribution in [1.29, 1.82) is 0 Å². The highest BCUT2D eigenvalue weighted by atomic mass is 16.4. The third-order valence-electron chi connectivity index (χ3n) is 2.93. The minimum absolute atomic E-state index is 0.0278. The molecule has 0 unspecified atom stereocenters. The van der Waals surface area contributed by atoms with Gasteiger partial charge >= 0.3 is 5.97 Å². The maximum atomic E-state index is 11.7. The summed E-state index contributed by atoms with van der Waals surface area (Å²) in [7, 11) is 1.85. The molecule has 0 spiro atoms. The number of likely N-dealkylation sites (N-methyl/N-ethyl adjacent to an activating group) is 1. The van der Waals surface area contributed by atoms with Gasteiger partial charge in [-0.05, 0) is 50.1 Å². The van der Waals surface area contributed by atoms with Crippen LogP contribution in [0.2, 0.25) is 0 Å². The number of anilines is 1. The van der Waals surface area contributed by atoms with Gasteiger partial charge in [-0.3, -0.25) is 4.79 Å². The van der Waals surface area contributed by atoms with Crippen molar-refractivity contribution in [3.8, 4) is 0 Å². The lowest BCUT2D eigenvalue weighted by Gasteiger charge is -2.20. The van der Waals surface area contributed by atoms with E-state index in [0.29, 0.717) is 0 Å². The predicted octanol–water partition coefficient (Wildman–Crippen LogP) is 2.05. The summed E-state index contributed by atoms with van der Waals surface area (Å²) in [5.41, 5.74) is 2.72. The first kappa shape index (κ1) is 16.8. The first-order valence-electron chi connectivity index (χ1n) is 6.81. The second kappa shape index (κ2) is 7.47. The molecule has 21 heavy (non-hydrogen) atoms. The molecule has 0 radical (unpaired) electrons. The summed E-state index contributed by atoms with van der Waals surface area (Å²) in [4.78, 5) is 24.1. The number of hydrogen-bond acceptors (Lipinski definition) is 3. The monoisotopic (exact) mass is 290 g/mol. The number of amides is 1. The van der Waals surface area contributed by atoms with Gasteiger partial charge in [-0.15, -0.1) is 0 Å². The molecule has 114 valence electrons. The van der Waals surface area contributed by atoms with Gasteiger partial charge in [0.25, 0.3) is 0 Å². The van der Waals surface area contributed by atoms with Crippen molar-refractivity contribution in [2.75, 3.05) is 18.5 Å². The van der Waals surface area contributed by atoms with Gasteiger partial charge in [0, 0.05) is 24.9 Å². The Balaban J connectivity index is 2.78. The van der Waals surface area contributed by atoms with Crippen LogP contribution in [0.25, 0.3) is 6.08 Å². The Morgan fingerprint density at radius 2 is 2.05 bits per heavy atom. The van der Waals surface area contributed by atoms with Gasteiger partial charge in [-0.1, -0.05) is 6.07 Å². The summed E-state index contributed by atoms with van der Waals surface area (Å²) < 4.78 is 0. The van der Waals surface area contributed by atoms with Crippen molar-refractivity contribution in [3.05, 3.63) is 35.4 Å². The van der Waals surface area contributed by atoms with E-state index in [1.54, 1.807) is 6.08 Å². The van der Waals surface area contributed by atoms with Crippen LogP contribution in [0.15, 0.2) is 24.3 Å². The molecule has 5 nitrogen and oxygen atoms in total. The van der Waals surface area contributed by atoms with Crippen LogP contribution in [0, 0.1) is 6.92 Å². The molecule has 2 N–H and O–H groups in total. The Labute approximate surface area is 125 Å². The quantitative estimate of drug-likeness (QED) is 0.787. The number of carbonyl (C=O) groups excluding carboxylic acids is 1. The fraction of sp³-hybridized carbons (Fsp3) is 0.375. The van der Waals surface area contributed by atoms with E-state index in [0.717, 1.165) is 22.9 Å². The van der Waals surface area contributed by atoms with Crippen LogP contribution in [-0.4, -0.2) is 36.6 Å². The van der Waals surface area contributed by atoms with Gasteiger partial charge in [0.15, 0.2) is 0 Å². The van der Waals surface area contributed by atoms with Gasteiger partial charge < -0.3 is 15.3 Å². The van der Waals surface area contributed by atoms with Gasteiger partial charge in [0.2, 0.25) is 5.91 Å². The standard InChI is InChI=1S/C16H22N2O3/c1-11(2)17-15(19)10-18(4)14-7-5-13(12(3)9-14)6-8-16(20)21/h5-9,11H,10H2,1-4H3,(H,17,19)(H,20,21). The molecule has 1 aromatic rings. The second-order valence-corrected chi connectivity index (χ2v) is 5.29. The van der Waals surface area contributed by atoms with Crippen LogP contribution in [0.3, 0.4) is 0 Å². The van der Waals surface area contributed by atoms with Crippen molar-refractivity contribution >= 4 is 23.6 Å². The van der Waals surface area contributed by atoms with E-state index in [9.17, 15) is 9.59 Å². The zero-order valence-corrected chi connectivity index (χ0v) is 12.9. The van der Waals surface area contributed by atoms with E-state index in [4.69, 9.17) is 5.11 Å². The first-order valence-corrected chi connectivity index (χ1v) is 6.81. The predicted molar refractivity (Wildman–Crippen MR) is 84.4 cm³/mol. The van der Waals surface area contributed by atoms with Gasteiger partial charge in [0.1, 0.15) is 0 Å². The number of rotatable bonds is 6. The second-order valence-electron chi connectivity index (χ2n) is 5.29. The molecule has 0 fully saturated rings. The van der Waals surface area contributed by atoms with E-state index in [1.165, 1.54) is 0 Å². The van der Waals surface area contributed by atoms with Crippen LogP contribution in [0.4, 0.5) is 5.69 Å². The van der Waals surface area contributed by atoms with E-state index in [-0.39, 0.29) is 18.5 Å². The number of carbonyl (C=O) groups is 2. The lowest BCUT2D eigenvalue weighted by atomic mass is 10.1. The molecule has 0 saturated carbocycles. The molecular formula is C16H22N2O3. The molecule has 0 saturated heterocycles. The minimum atomic E-state index is -0.971. The fourth-order valence-corrected chi connectivity index (χ4v) is 1.92. The van der Waals surface area contributed by atoms with Crippen LogP contribution in [-0.2, 0) is 9.59 Å². The summed E-state index contributed by atoms with van der Waals surface area (Å²) in [5.74, 6) is -0.999. The average Bonchev–Trinajstić information content (AvgIpc) is 2.35. The number of aliphatic carboxylic acids is 1.